The average Bonchev–Trinajstić information content (AvgIpc) is 2.73. The maximum atomic E-state index is 13.0. The summed E-state index contributed by atoms with van der Waals surface area (Å²) in [7, 11) is -3.82. The van der Waals surface area contributed by atoms with Crippen LogP contribution in [0.5, 0.6) is 0 Å². The Morgan fingerprint density at radius 2 is 1.61 bits per heavy atom. The number of hydrogen-bond donors (Lipinski definition) is 0. The Labute approximate surface area is 181 Å². The third-order valence-corrected chi connectivity index (χ3v) is 6.55. The van der Waals surface area contributed by atoms with Gasteiger partial charge in [-0.3, -0.25) is 10.1 Å². The van der Waals surface area contributed by atoms with E-state index in [0.717, 1.165) is 5.69 Å². The van der Waals surface area contributed by atoms with Gasteiger partial charge in [0.05, 0.1) is 14.7 Å². The maximum absolute atomic E-state index is 13.0. The first kappa shape index (κ1) is 22.5. The second kappa shape index (κ2) is 8.54. The molecular weight excluding hydrogens is 422 g/mol. The van der Waals surface area contributed by atoms with Crippen LogP contribution in [0.15, 0.2) is 58.3 Å². The molecule has 1 heterocycles. The number of nitrogens with zero attached hydrogens (tertiary/aromatic N) is 3. The van der Waals surface area contributed by atoms with E-state index < -0.39 is 20.4 Å². The van der Waals surface area contributed by atoms with E-state index in [4.69, 9.17) is 4.74 Å². The largest absolute Gasteiger partial charge is 0.444 e. The highest BCUT2D eigenvalue weighted by Crippen LogP contribution is 2.27. The van der Waals surface area contributed by atoms with Crippen molar-refractivity contribution in [2.75, 3.05) is 31.1 Å². The van der Waals surface area contributed by atoms with Gasteiger partial charge in [0.1, 0.15) is 5.60 Å². The molecule has 0 aliphatic carbocycles. The molecule has 2 aromatic carbocycles. The average molecular weight is 448 g/mol. The number of non-ortho nitro benzene ring substituents is 1. The number of sulfone groups is 1. The number of amides is 1. The molecule has 3 rings (SSSR count). The summed E-state index contributed by atoms with van der Waals surface area (Å²) in [4.78, 5) is 26.2. The number of piperazine rings is 1. The number of benzene rings is 2. The van der Waals surface area contributed by atoms with Crippen LogP contribution in [0.2, 0.25) is 0 Å². The minimum Gasteiger partial charge on any atom is -0.444 e. The lowest BCUT2D eigenvalue weighted by Crippen LogP contribution is -2.50. The van der Waals surface area contributed by atoms with Crippen molar-refractivity contribution in [1.82, 2.24) is 4.90 Å². The lowest BCUT2D eigenvalue weighted by atomic mass is 10.2. The molecule has 10 heteroatoms. The molecular formula is C21H25N3O6S. The Morgan fingerprint density at radius 1 is 1.00 bits per heavy atom. The fourth-order valence-electron chi connectivity index (χ4n) is 3.20. The van der Waals surface area contributed by atoms with E-state index >= 15 is 0 Å². The minimum absolute atomic E-state index is 0.00926. The lowest BCUT2D eigenvalue weighted by molar-refractivity contribution is -0.384. The van der Waals surface area contributed by atoms with Gasteiger partial charge in [0.2, 0.25) is 9.84 Å². The normalized spacial score (nSPS) is 14.9. The number of anilines is 1. The van der Waals surface area contributed by atoms with Crippen LogP contribution >= 0.6 is 0 Å². The maximum Gasteiger partial charge on any atom is 0.410 e. The second-order valence-electron chi connectivity index (χ2n) is 8.21. The van der Waals surface area contributed by atoms with Gasteiger partial charge in [-0.1, -0.05) is 6.07 Å². The predicted molar refractivity (Wildman–Crippen MR) is 115 cm³/mol. The van der Waals surface area contributed by atoms with Crippen molar-refractivity contribution in [3.8, 4) is 0 Å². The van der Waals surface area contributed by atoms with Gasteiger partial charge in [0.15, 0.2) is 0 Å². The molecule has 1 saturated heterocycles. The Hall–Kier alpha value is -3.14. The first-order valence-corrected chi connectivity index (χ1v) is 11.3. The zero-order chi connectivity index (χ0) is 22.8. The van der Waals surface area contributed by atoms with Gasteiger partial charge < -0.3 is 14.5 Å². The Morgan fingerprint density at radius 3 is 2.16 bits per heavy atom. The van der Waals surface area contributed by atoms with Crippen molar-refractivity contribution in [2.45, 2.75) is 36.2 Å². The van der Waals surface area contributed by atoms with Crippen molar-refractivity contribution in [3.05, 3.63) is 58.6 Å². The SMILES string of the molecule is CC(C)(C)OC(=O)N1CCN(c2cccc(S(=O)(=O)c3ccc([N+](=O)[O-])cc3)c2)CC1. The van der Waals surface area contributed by atoms with Crippen molar-refractivity contribution in [1.29, 1.82) is 0 Å². The van der Waals surface area contributed by atoms with E-state index in [1.807, 2.05) is 31.7 Å². The van der Waals surface area contributed by atoms with E-state index in [9.17, 15) is 23.3 Å². The quantitative estimate of drug-likeness (QED) is 0.521. The van der Waals surface area contributed by atoms with Crippen LogP contribution in [0.4, 0.5) is 16.2 Å². The molecule has 0 aromatic heterocycles. The van der Waals surface area contributed by atoms with E-state index in [-0.39, 0.29) is 21.6 Å². The number of rotatable bonds is 4. The lowest BCUT2D eigenvalue weighted by Gasteiger charge is -2.36. The summed E-state index contributed by atoms with van der Waals surface area (Å²) >= 11 is 0. The number of hydrogen-bond acceptors (Lipinski definition) is 7. The number of nitro benzene ring substituents is 1. The molecule has 0 atom stereocenters. The second-order valence-corrected chi connectivity index (χ2v) is 10.2. The van der Waals surface area contributed by atoms with E-state index in [1.165, 1.54) is 30.3 Å². The number of carbonyl (C=O) groups is 1. The molecule has 1 fully saturated rings. The van der Waals surface area contributed by atoms with Crippen molar-refractivity contribution in [2.24, 2.45) is 0 Å². The molecule has 0 N–H and O–H groups in total. The Kier molecular flexibility index (Phi) is 6.21. The molecule has 1 aliphatic heterocycles. The smallest absolute Gasteiger partial charge is 0.410 e. The van der Waals surface area contributed by atoms with Crippen LogP contribution in [0.25, 0.3) is 0 Å². The molecule has 0 saturated carbocycles. The zero-order valence-electron chi connectivity index (χ0n) is 17.6. The molecule has 2 aromatic rings. The number of ether oxygens (including phenoxy) is 1. The van der Waals surface area contributed by atoms with Crippen molar-refractivity contribution >= 4 is 27.3 Å². The number of nitro groups is 1. The molecule has 0 unspecified atom stereocenters. The molecule has 31 heavy (non-hydrogen) atoms. The topological polar surface area (TPSA) is 110 Å². The van der Waals surface area contributed by atoms with Gasteiger partial charge in [-0.25, -0.2) is 13.2 Å². The summed E-state index contributed by atoms with van der Waals surface area (Å²) < 4.78 is 31.3. The summed E-state index contributed by atoms with van der Waals surface area (Å²) in [5.41, 5.74) is -0.00297. The van der Waals surface area contributed by atoms with Crippen LogP contribution < -0.4 is 4.90 Å². The van der Waals surface area contributed by atoms with E-state index in [2.05, 4.69) is 0 Å². The standard InChI is InChI=1S/C21H25N3O6S/c1-21(2,3)30-20(25)23-13-11-22(12-14-23)17-5-4-6-19(15-17)31(28,29)18-9-7-16(8-10-18)24(26)27/h4-10,15H,11-14H2,1-3H3. The van der Waals surface area contributed by atoms with Gasteiger partial charge in [-0.05, 0) is 51.1 Å². The highest BCUT2D eigenvalue weighted by molar-refractivity contribution is 7.91. The Bertz CT molecular complexity index is 1070. The molecule has 0 bridgehead atoms. The summed E-state index contributed by atoms with van der Waals surface area (Å²) in [6.07, 6.45) is -0.360. The van der Waals surface area contributed by atoms with Crippen LogP contribution in [-0.4, -0.2) is 56.1 Å². The molecule has 0 radical (unpaired) electrons. The summed E-state index contributed by atoms with van der Waals surface area (Å²) in [6.45, 7) is 7.47. The molecule has 166 valence electrons. The van der Waals surface area contributed by atoms with Crippen LogP contribution in [0.3, 0.4) is 0 Å². The van der Waals surface area contributed by atoms with Gasteiger partial charge >= 0.3 is 6.09 Å². The molecule has 9 nitrogen and oxygen atoms in total. The number of carbonyl (C=O) groups excluding carboxylic acids is 1. The summed E-state index contributed by atoms with van der Waals surface area (Å²) in [5, 5.41) is 10.8. The van der Waals surface area contributed by atoms with Gasteiger partial charge in [-0.2, -0.15) is 0 Å². The van der Waals surface area contributed by atoms with Crippen molar-refractivity contribution < 1.29 is 22.9 Å². The van der Waals surface area contributed by atoms with Crippen molar-refractivity contribution in [3.63, 3.8) is 0 Å². The first-order valence-electron chi connectivity index (χ1n) is 9.80. The van der Waals surface area contributed by atoms with Gasteiger partial charge in [-0.15, -0.1) is 0 Å². The van der Waals surface area contributed by atoms with Crippen LogP contribution in [-0.2, 0) is 14.6 Å². The predicted octanol–water partition coefficient (Wildman–Crippen LogP) is 3.48. The van der Waals surface area contributed by atoms with E-state index in [1.54, 1.807) is 17.0 Å². The third kappa shape index (κ3) is 5.32. The molecule has 1 amide bonds. The highest BCUT2D eigenvalue weighted by Gasteiger charge is 2.27. The first-order chi connectivity index (χ1) is 14.5. The molecule has 1 aliphatic rings. The van der Waals surface area contributed by atoms with Gasteiger partial charge in [0.25, 0.3) is 5.69 Å². The monoisotopic (exact) mass is 447 g/mol. The third-order valence-electron chi connectivity index (χ3n) is 4.78. The van der Waals surface area contributed by atoms with Crippen LogP contribution in [0.1, 0.15) is 20.8 Å². The van der Waals surface area contributed by atoms with E-state index in [0.29, 0.717) is 26.2 Å². The fourth-order valence-corrected chi connectivity index (χ4v) is 4.50. The van der Waals surface area contributed by atoms with Gasteiger partial charge in [0, 0.05) is 44.0 Å². The summed E-state index contributed by atoms with van der Waals surface area (Å²) in [6, 6.07) is 11.4. The minimum atomic E-state index is -3.82. The van der Waals surface area contributed by atoms with Crippen LogP contribution in [0, 0.1) is 10.1 Å². The fraction of sp³-hybridized carbons (Fsp3) is 0.381. The molecule has 0 spiro atoms. The highest BCUT2D eigenvalue weighted by atomic mass is 32.2. The zero-order valence-corrected chi connectivity index (χ0v) is 18.5. The Balaban J connectivity index is 1.73. The summed E-state index contributed by atoms with van der Waals surface area (Å²) in [5.74, 6) is 0.